The smallest absolute Gasteiger partial charge is 0.0574 e. The van der Waals surface area contributed by atoms with E-state index in [0.29, 0.717) is 12.1 Å². The Morgan fingerprint density at radius 2 is 2.14 bits per heavy atom. The average molecular weight is 290 g/mol. The van der Waals surface area contributed by atoms with Crippen molar-refractivity contribution in [3.63, 3.8) is 0 Å². The highest BCUT2D eigenvalue weighted by Gasteiger charge is 2.22. The minimum Gasteiger partial charge on any atom is -0.365 e. The van der Waals surface area contributed by atoms with E-state index in [9.17, 15) is 0 Å². The number of rotatable bonds is 6. The van der Waals surface area contributed by atoms with Crippen molar-refractivity contribution in [1.29, 1.82) is 0 Å². The van der Waals surface area contributed by atoms with Crippen LogP contribution in [0, 0.1) is 0 Å². The van der Waals surface area contributed by atoms with E-state index in [-0.39, 0.29) is 0 Å². The van der Waals surface area contributed by atoms with Crippen LogP contribution in [0.3, 0.4) is 0 Å². The van der Waals surface area contributed by atoms with Gasteiger partial charge < -0.3 is 15.1 Å². The van der Waals surface area contributed by atoms with Crippen LogP contribution in [-0.4, -0.2) is 49.2 Å². The first kappa shape index (κ1) is 16.2. The van der Waals surface area contributed by atoms with Gasteiger partial charge in [0, 0.05) is 31.7 Å². The number of anilines is 1. The summed E-state index contributed by atoms with van der Waals surface area (Å²) < 4.78 is 0. The van der Waals surface area contributed by atoms with Crippen LogP contribution in [0.1, 0.15) is 45.3 Å². The molecule has 2 rings (SSSR count). The largest absolute Gasteiger partial charge is 0.365 e. The Morgan fingerprint density at radius 1 is 1.33 bits per heavy atom. The first-order valence-corrected chi connectivity index (χ1v) is 8.30. The molecule has 1 N–H and O–H groups in total. The van der Waals surface area contributed by atoms with Crippen LogP contribution in [-0.2, 0) is 0 Å². The van der Waals surface area contributed by atoms with Crippen molar-refractivity contribution < 1.29 is 0 Å². The highest BCUT2D eigenvalue weighted by Crippen LogP contribution is 2.22. The molecule has 2 heterocycles. The monoisotopic (exact) mass is 290 g/mol. The molecule has 118 valence electrons. The molecule has 4 heteroatoms. The quantitative estimate of drug-likeness (QED) is 0.873. The van der Waals surface area contributed by atoms with E-state index in [1.807, 2.05) is 6.20 Å². The molecule has 0 radical (unpaired) electrons. The lowest BCUT2D eigenvalue weighted by Crippen LogP contribution is -2.50. The number of nitrogens with one attached hydrogen (secondary N) is 1. The topological polar surface area (TPSA) is 31.4 Å². The maximum absolute atomic E-state index is 4.71. The lowest BCUT2D eigenvalue weighted by molar-refractivity contribution is 0.275. The first-order chi connectivity index (χ1) is 10.2. The Morgan fingerprint density at radius 3 is 2.71 bits per heavy atom. The van der Waals surface area contributed by atoms with Crippen LogP contribution < -0.4 is 10.2 Å². The second-order valence-electron chi connectivity index (χ2n) is 6.16. The predicted molar refractivity (Wildman–Crippen MR) is 89.9 cm³/mol. The molecule has 2 unspecified atom stereocenters. The van der Waals surface area contributed by atoms with E-state index in [0.717, 1.165) is 44.7 Å². The van der Waals surface area contributed by atoms with Gasteiger partial charge in [0.15, 0.2) is 0 Å². The normalized spacial score (nSPS) is 21.5. The summed E-state index contributed by atoms with van der Waals surface area (Å²) in [6.45, 7) is 11.1. The predicted octanol–water partition coefficient (Wildman–Crippen LogP) is 2.67. The van der Waals surface area contributed by atoms with Gasteiger partial charge in [0.2, 0.25) is 0 Å². The number of likely N-dealkylation sites (N-methyl/N-ethyl adjacent to an activating group) is 1. The van der Waals surface area contributed by atoms with Crippen molar-refractivity contribution in [2.75, 3.05) is 38.1 Å². The number of piperazine rings is 1. The van der Waals surface area contributed by atoms with Gasteiger partial charge in [-0.05, 0) is 45.5 Å². The molecule has 0 bridgehead atoms. The highest BCUT2D eigenvalue weighted by molar-refractivity contribution is 5.46. The Hall–Kier alpha value is -1.13. The third-order valence-corrected chi connectivity index (χ3v) is 4.34. The molecule has 0 saturated carbocycles. The Kier molecular flexibility index (Phi) is 6.00. The van der Waals surface area contributed by atoms with Gasteiger partial charge in [-0.2, -0.15) is 0 Å². The maximum atomic E-state index is 4.71. The number of hydrogen-bond donors (Lipinski definition) is 1. The average Bonchev–Trinajstić information content (AvgIpc) is 2.49. The molecule has 1 aliphatic rings. The van der Waals surface area contributed by atoms with Crippen molar-refractivity contribution in [3.8, 4) is 0 Å². The van der Waals surface area contributed by atoms with Crippen LogP contribution in [0.4, 0.5) is 5.69 Å². The number of pyridine rings is 1. The standard InChI is InChI=1S/C17H30N4/c1-5-9-18-16(6-2)17-8-7-15(12-19-17)21-11-10-20(4)13-14(21)3/h7-8,12,14,16,18H,5-6,9-11,13H2,1-4H3. The second kappa shape index (κ2) is 7.76. The molecule has 1 saturated heterocycles. The van der Waals surface area contributed by atoms with Gasteiger partial charge in [-0.15, -0.1) is 0 Å². The lowest BCUT2D eigenvalue weighted by Gasteiger charge is -2.39. The van der Waals surface area contributed by atoms with Crippen LogP contribution in [0.5, 0.6) is 0 Å². The molecule has 4 nitrogen and oxygen atoms in total. The molecule has 0 amide bonds. The molecule has 0 aliphatic carbocycles. The van der Waals surface area contributed by atoms with Crippen LogP contribution in [0.2, 0.25) is 0 Å². The van der Waals surface area contributed by atoms with E-state index < -0.39 is 0 Å². The Bertz CT molecular complexity index is 417. The van der Waals surface area contributed by atoms with E-state index in [2.05, 4.69) is 55.1 Å². The fourth-order valence-corrected chi connectivity index (χ4v) is 3.07. The zero-order chi connectivity index (χ0) is 15.2. The van der Waals surface area contributed by atoms with Crippen molar-refractivity contribution in [2.24, 2.45) is 0 Å². The van der Waals surface area contributed by atoms with Crippen LogP contribution >= 0.6 is 0 Å². The number of aromatic nitrogens is 1. The summed E-state index contributed by atoms with van der Waals surface area (Å²) in [6, 6.07) is 5.36. The molecule has 21 heavy (non-hydrogen) atoms. The van der Waals surface area contributed by atoms with E-state index in [1.54, 1.807) is 0 Å². The summed E-state index contributed by atoms with van der Waals surface area (Å²) >= 11 is 0. The molecule has 1 aliphatic heterocycles. The molecular weight excluding hydrogens is 260 g/mol. The number of nitrogens with zero attached hydrogens (tertiary/aromatic N) is 3. The minimum absolute atomic E-state index is 0.379. The van der Waals surface area contributed by atoms with Gasteiger partial charge in [-0.25, -0.2) is 0 Å². The van der Waals surface area contributed by atoms with Crippen molar-refractivity contribution in [1.82, 2.24) is 15.2 Å². The molecule has 0 spiro atoms. The van der Waals surface area contributed by atoms with Crippen LogP contribution in [0.25, 0.3) is 0 Å². The lowest BCUT2D eigenvalue weighted by atomic mass is 10.1. The summed E-state index contributed by atoms with van der Waals surface area (Å²) in [5.41, 5.74) is 2.42. The van der Waals surface area contributed by atoms with Gasteiger partial charge in [0.1, 0.15) is 0 Å². The van der Waals surface area contributed by atoms with Gasteiger partial charge in [0.05, 0.1) is 17.6 Å². The Balaban J connectivity index is 2.04. The van der Waals surface area contributed by atoms with Gasteiger partial charge in [-0.1, -0.05) is 13.8 Å². The van der Waals surface area contributed by atoms with Gasteiger partial charge in [0.25, 0.3) is 0 Å². The zero-order valence-corrected chi connectivity index (χ0v) is 14.0. The summed E-state index contributed by atoms with van der Waals surface area (Å²) in [7, 11) is 2.19. The zero-order valence-electron chi connectivity index (χ0n) is 14.0. The minimum atomic E-state index is 0.379. The molecule has 2 atom stereocenters. The highest BCUT2D eigenvalue weighted by atomic mass is 15.3. The van der Waals surface area contributed by atoms with Gasteiger partial charge in [-0.3, -0.25) is 4.98 Å². The molecule has 1 aromatic rings. The molecular formula is C17H30N4. The summed E-state index contributed by atoms with van der Waals surface area (Å²) in [5, 5.41) is 3.57. The van der Waals surface area contributed by atoms with E-state index >= 15 is 0 Å². The molecule has 0 aromatic carbocycles. The number of hydrogen-bond acceptors (Lipinski definition) is 4. The summed E-state index contributed by atoms with van der Waals surface area (Å²) in [4.78, 5) is 9.58. The van der Waals surface area contributed by atoms with Crippen molar-refractivity contribution in [3.05, 3.63) is 24.0 Å². The van der Waals surface area contributed by atoms with Crippen LogP contribution in [0.15, 0.2) is 18.3 Å². The SMILES string of the molecule is CCCNC(CC)c1ccc(N2CCN(C)CC2C)cn1. The second-order valence-corrected chi connectivity index (χ2v) is 6.16. The van der Waals surface area contributed by atoms with E-state index in [1.165, 1.54) is 5.69 Å². The van der Waals surface area contributed by atoms with Crippen molar-refractivity contribution in [2.45, 2.75) is 45.7 Å². The third kappa shape index (κ3) is 4.17. The fraction of sp³-hybridized carbons (Fsp3) is 0.706. The molecule has 1 fully saturated rings. The fourth-order valence-electron chi connectivity index (χ4n) is 3.07. The van der Waals surface area contributed by atoms with Crippen molar-refractivity contribution >= 4 is 5.69 Å². The molecule has 1 aromatic heterocycles. The maximum Gasteiger partial charge on any atom is 0.0574 e. The third-order valence-electron chi connectivity index (χ3n) is 4.34. The summed E-state index contributed by atoms with van der Waals surface area (Å²) in [5.74, 6) is 0. The first-order valence-electron chi connectivity index (χ1n) is 8.30. The Labute approximate surface area is 129 Å². The summed E-state index contributed by atoms with van der Waals surface area (Å²) in [6.07, 6.45) is 4.29. The van der Waals surface area contributed by atoms with E-state index in [4.69, 9.17) is 4.98 Å². The van der Waals surface area contributed by atoms with Gasteiger partial charge >= 0.3 is 0 Å².